The van der Waals surface area contributed by atoms with Crippen molar-refractivity contribution in [2.75, 3.05) is 0 Å². The van der Waals surface area contributed by atoms with Gasteiger partial charge in [0.25, 0.3) is 0 Å². The lowest BCUT2D eigenvalue weighted by Crippen LogP contribution is -2.24. The zero-order valence-corrected chi connectivity index (χ0v) is 17.6. The Hall–Kier alpha value is -3.41. The van der Waals surface area contributed by atoms with Gasteiger partial charge in [-0.15, -0.1) is 0 Å². The summed E-state index contributed by atoms with van der Waals surface area (Å²) >= 11 is 0. The number of benzene rings is 2. The molecule has 1 aromatic heterocycles. The Morgan fingerprint density at radius 3 is 2.20 bits per heavy atom. The Morgan fingerprint density at radius 2 is 1.63 bits per heavy atom. The second-order valence-corrected chi connectivity index (χ2v) is 7.08. The van der Waals surface area contributed by atoms with Crippen molar-refractivity contribution in [2.24, 2.45) is 0 Å². The Labute approximate surface area is 175 Å². The molecular weight excluding hydrogens is 382 g/mol. The van der Waals surface area contributed by atoms with Gasteiger partial charge >= 0.3 is 5.97 Å². The highest BCUT2D eigenvalue weighted by Crippen LogP contribution is 2.19. The number of esters is 1. The van der Waals surface area contributed by atoms with E-state index in [9.17, 15) is 9.59 Å². The summed E-state index contributed by atoms with van der Waals surface area (Å²) in [6.07, 6.45) is 0.0251. The summed E-state index contributed by atoms with van der Waals surface area (Å²) in [7, 11) is 0. The van der Waals surface area contributed by atoms with Gasteiger partial charge in [0.2, 0.25) is 5.78 Å². The number of ketones is 1. The topological polar surface area (TPSA) is 78.6 Å². The molecule has 0 bridgehead atoms. The lowest BCUT2D eigenvalue weighted by atomic mass is 10.0. The highest BCUT2D eigenvalue weighted by atomic mass is 16.5. The van der Waals surface area contributed by atoms with E-state index in [1.54, 1.807) is 43.3 Å². The van der Waals surface area contributed by atoms with Gasteiger partial charge in [0.05, 0.1) is 16.8 Å². The number of hydrogen-bond acceptors (Lipinski definition) is 6. The fourth-order valence-corrected chi connectivity index (χ4v) is 2.97. The first-order chi connectivity index (χ1) is 14.4. The number of aryl methyl sites for hydroxylation is 3. The van der Waals surface area contributed by atoms with Gasteiger partial charge in [0, 0.05) is 5.56 Å². The van der Waals surface area contributed by atoms with E-state index in [1.807, 2.05) is 32.9 Å². The van der Waals surface area contributed by atoms with E-state index in [0.29, 0.717) is 23.5 Å². The number of Topliss-reactive ketones (excluding diaryl/α,β-unsaturated/α-hetero) is 1. The highest BCUT2D eigenvalue weighted by molar-refractivity contribution is 6.01. The van der Waals surface area contributed by atoms with Crippen LogP contribution in [0.5, 0.6) is 5.75 Å². The number of hydrogen-bond donors (Lipinski definition) is 0. The van der Waals surface area contributed by atoms with Gasteiger partial charge in [-0.1, -0.05) is 36.3 Å². The molecule has 30 heavy (non-hydrogen) atoms. The van der Waals surface area contributed by atoms with Crippen LogP contribution in [0.15, 0.2) is 53.1 Å². The van der Waals surface area contributed by atoms with Crippen LogP contribution in [0.2, 0.25) is 0 Å². The molecule has 1 unspecified atom stereocenters. The number of aromatic nitrogens is 1. The highest BCUT2D eigenvalue weighted by Gasteiger charge is 2.20. The summed E-state index contributed by atoms with van der Waals surface area (Å²) < 4.78 is 16.2. The third-order valence-corrected chi connectivity index (χ3v) is 4.95. The second kappa shape index (κ2) is 9.39. The van der Waals surface area contributed by atoms with Gasteiger partial charge in [-0.25, -0.2) is 4.79 Å². The molecule has 1 atom stereocenters. The molecule has 3 aromatic rings. The van der Waals surface area contributed by atoms with Crippen molar-refractivity contribution in [1.82, 2.24) is 5.16 Å². The first kappa shape index (κ1) is 21.3. The fourth-order valence-electron chi connectivity index (χ4n) is 2.97. The number of carbonyl (C=O) groups is 2. The minimum absolute atomic E-state index is 0.231. The summed E-state index contributed by atoms with van der Waals surface area (Å²) in [5.74, 6) is 0.533. The third kappa shape index (κ3) is 4.95. The molecule has 2 aromatic carbocycles. The molecule has 6 heteroatoms. The molecule has 0 saturated carbocycles. The summed E-state index contributed by atoms with van der Waals surface area (Å²) in [4.78, 5) is 24.9. The molecule has 0 aliphatic heterocycles. The van der Waals surface area contributed by atoms with Gasteiger partial charge in [0.1, 0.15) is 18.1 Å². The number of rotatable bonds is 8. The number of carbonyl (C=O) groups excluding carboxylic acids is 2. The third-order valence-electron chi connectivity index (χ3n) is 4.95. The molecule has 0 radical (unpaired) electrons. The van der Waals surface area contributed by atoms with Crippen molar-refractivity contribution in [1.29, 1.82) is 0 Å². The number of ether oxygens (including phenoxy) is 2. The van der Waals surface area contributed by atoms with E-state index in [1.165, 1.54) is 0 Å². The van der Waals surface area contributed by atoms with Crippen LogP contribution in [0, 0.1) is 13.8 Å². The van der Waals surface area contributed by atoms with Crippen LogP contribution in [0.4, 0.5) is 0 Å². The maximum absolute atomic E-state index is 12.5. The van der Waals surface area contributed by atoms with E-state index in [2.05, 4.69) is 5.16 Å². The SMILES string of the molecule is CCc1ccc(C(=O)C(C)OC(=O)c2ccc(OCc3c(C)noc3C)cc2)cc1. The van der Waals surface area contributed by atoms with E-state index in [4.69, 9.17) is 14.0 Å². The Balaban J connectivity index is 1.57. The average Bonchev–Trinajstić information content (AvgIpc) is 3.09. The van der Waals surface area contributed by atoms with Crippen LogP contribution in [0.1, 0.15) is 57.1 Å². The van der Waals surface area contributed by atoms with Crippen molar-refractivity contribution in [3.8, 4) is 5.75 Å². The summed E-state index contributed by atoms with van der Waals surface area (Å²) in [6.45, 7) is 7.64. The fraction of sp³-hybridized carbons (Fsp3) is 0.292. The molecular formula is C24H25NO5. The van der Waals surface area contributed by atoms with Crippen LogP contribution in [-0.4, -0.2) is 23.0 Å². The first-order valence-electron chi connectivity index (χ1n) is 9.87. The van der Waals surface area contributed by atoms with Crippen LogP contribution >= 0.6 is 0 Å². The second-order valence-electron chi connectivity index (χ2n) is 7.08. The lowest BCUT2D eigenvalue weighted by Gasteiger charge is -2.13. The maximum Gasteiger partial charge on any atom is 0.338 e. The Bertz CT molecular complexity index is 999. The molecule has 0 aliphatic carbocycles. The number of nitrogens with zero attached hydrogens (tertiary/aromatic N) is 1. The summed E-state index contributed by atoms with van der Waals surface area (Å²) in [6, 6.07) is 13.9. The zero-order chi connectivity index (χ0) is 21.7. The molecule has 0 amide bonds. The van der Waals surface area contributed by atoms with Crippen LogP contribution < -0.4 is 4.74 Å². The normalized spacial score (nSPS) is 11.7. The first-order valence-corrected chi connectivity index (χ1v) is 9.87. The monoisotopic (exact) mass is 407 g/mol. The molecule has 0 N–H and O–H groups in total. The van der Waals surface area contributed by atoms with Crippen molar-refractivity contribution in [2.45, 2.75) is 46.8 Å². The maximum atomic E-state index is 12.5. The van der Waals surface area contributed by atoms with Crippen molar-refractivity contribution in [3.63, 3.8) is 0 Å². The smallest absolute Gasteiger partial charge is 0.338 e. The van der Waals surface area contributed by atoms with E-state index < -0.39 is 12.1 Å². The molecule has 1 heterocycles. The van der Waals surface area contributed by atoms with E-state index in [0.717, 1.165) is 29.0 Å². The molecule has 0 aliphatic rings. The quantitative estimate of drug-likeness (QED) is 0.392. The van der Waals surface area contributed by atoms with Gasteiger partial charge in [-0.2, -0.15) is 0 Å². The lowest BCUT2D eigenvalue weighted by molar-refractivity contribution is 0.0319. The summed E-state index contributed by atoms with van der Waals surface area (Å²) in [5.41, 5.74) is 3.71. The predicted octanol–water partition coefficient (Wildman–Crippen LogP) is 4.86. The Morgan fingerprint density at radius 1 is 1.00 bits per heavy atom. The molecule has 156 valence electrons. The summed E-state index contributed by atoms with van der Waals surface area (Å²) in [5, 5.41) is 3.89. The van der Waals surface area contributed by atoms with Gasteiger partial charge < -0.3 is 14.0 Å². The van der Waals surface area contributed by atoms with Crippen LogP contribution in [0.25, 0.3) is 0 Å². The average molecular weight is 407 g/mol. The standard InChI is InChI=1S/C24H25NO5/c1-5-18-6-8-19(9-7-18)23(26)17(4)29-24(27)20-10-12-21(13-11-20)28-14-22-15(2)25-30-16(22)3/h6-13,17H,5,14H2,1-4H3. The minimum atomic E-state index is -0.875. The zero-order valence-electron chi connectivity index (χ0n) is 17.6. The van der Waals surface area contributed by atoms with Crippen molar-refractivity contribution in [3.05, 3.63) is 82.2 Å². The predicted molar refractivity (Wildman–Crippen MR) is 112 cm³/mol. The van der Waals surface area contributed by atoms with Gasteiger partial charge in [0.15, 0.2) is 6.10 Å². The van der Waals surface area contributed by atoms with Crippen LogP contribution in [0.3, 0.4) is 0 Å². The molecule has 3 rings (SSSR count). The van der Waals surface area contributed by atoms with Gasteiger partial charge in [-0.05, 0) is 57.0 Å². The van der Waals surface area contributed by atoms with Crippen molar-refractivity contribution >= 4 is 11.8 Å². The van der Waals surface area contributed by atoms with Crippen LogP contribution in [-0.2, 0) is 17.8 Å². The largest absolute Gasteiger partial charge is 0.489 e. The Kier molecular flexibility index (Phi) is 6.67. The molecule has 6 nitrogen and oxygen atoms in total. The molecule has 0 fully saturated rings. The van der Waals surface area contributed by atoms with E-state index in [-0.39, 0.29) is 5.78 Å². The molecule has 0 spiro atoms. The van der Waals surface area contributed by atoms with E-state index >= 15 is 0 Å². The van der Waals surface area contributed by atoms with Gasteiger partial charge in [-0.3, -0.25) is 4.79 Å². The van der Waals surface area contributed by atoms with Crippen molar-refractivity contribution < 1.29 is 23.6 Å². The minimum Gasteiger partial charge on any atom is -0.489 e. The molecule has 0 saturated heterocycles.